The fourth-order valence-electron chi connectivity index (χ4n) is 2.69. The number of amides is 1. The van der Waals surface area contributed by atoms with Crippen LogP contribution in [0.2, 0.25) is 0 Å². The smallest absolute Gasteiger partial charge is 0.305 e. The first-order chi connectivity index (χ1) is 13.1. The second-order valence-electron chi connectivity index (χ2n) is 5.84. The molecule has 0 saturated heterocycles. The van der Waals surface area contributed by atoms with Crippen LogP contribution in [0.1, 0.15) is 10.6 Å². The number of H-pyrrole nitrogens is 1. The Bertz CT molecular complexity index is 1120. The second kappa shape index (κ2) is 6.75. The minimum absolute atomic E-state index is 0.181. The number of anilines is 2. The number of hydrogen-bond acceptors (Lipinski definition) is 6. The van der Waals surface area contributed by atoms with Crippen molar-refractivity contribution < 1.29 is 13.9 Å². The number of aromatic amines is 1. The quantitative estimate of drug-likeness (QED) is 0.405. The maximum Gasteiger partial charge on any atom is 0.305 e. The van der Waals surface area contributed by atoms with Gasteiger partial charge in [-0.05, 0) is 42.5 Å². The second-order valence-corrected chi connectivity index (χ2v) is 5.84. The molecule has 0 radical (unpaired) electrons. The van der Waals surface area contributed by atoms with E-state index in [0.717, 1.165) is 16.5 Å². The number of carbonyl (C=O) groups excluding carboxylic acids is 1. The van der Waals surface area contributed by atoms with Gasteiger partial charge in [-0.2, -0.15) is 5.10 Å². The van der Waals surface area contributed by atoms with Gasteiger partial charge in [0.1, 0.15) is 11.5 Å². The molecule has 2 aromatic heterocycles. The van der Waals surface area contributed by atoms with Crippen molar-refractivity contribution in [1.82, 2.24) is 15.6 Å². The van der Waals surface area contributed by atoms with Gasteiger partial charge >= 0.3 is 5.91 Å². The van der Waals surface area contributed by atoms with E-state index >= 15 is 0 Å². The van der Waals surface area contributed by atoms with Crippen molar-refractivity contribution in [3.63, 3.8) is 0 Å². The van der Waals surface area contributed by atoms with Crippen LogP contribution in [0.3, 0.4) is 0 Å². The maximum atomic E-state index is 12.3. The summed E-state index contributed by atoms with van der Waals surface area (Å²) in [5, 5.41) is 7.61. The van der Waals surface area contributed by atoms with Gasteiger partial charge in [-0.15, -0.1) is 0 Å². The highest BCUT2D eigenvalue weighted by molar-refractivity contribution is 5.94. The number of carbonyl (C=O) groups is 1. The Morgan fingerprint density at radius 1 is 1.19 bits per heavy atom. The van der Waals surface area contributed by atoms with Crippen molar-refractivity contribution in [2.75, 3.05) is 18.3 Å². The highest BCUT2D eigenvalue weighted by atomic mass is 16.5. The molecule has 4 rings (SSSR count). The van der Waals surface area contributed by atoms with E-state index in [1.165, 1.54) is 0 Å². The molecule has 0 aliphatic heterocycles. The van der Waals surface area contributed by atoms with Crippen LogP contribution in [-0.2, 0) is 0 Å². The lowest BCUT2D eigenvalue weighted by atomic mass is 10.1. The van der Waals surface area contributed by atoms with E-state index in [1.54, 1.807) is 31.4 Å². The number of hydrazine groups is 1. The van der Waals surface area contributed by atoms with Crippen molar-refractivity contribution >= 4 is 28.3 Å². The summed E-state index contributed by atoms with van der Waals surface area (Å²) in [7, 11) is 1.58. The van der Waals surface area contributed by atoms with Gasteiger partial charge in [0.05, 0.1) is 18.3 Å². The number of ether oxygens (including phenoxy) is 1. The molecule has 8 nitrogen and oxygen atoms in total. The molecule has 0 aliphatic rings. The van der Waals surface area contributed by atoms with Crippen molar-refractivity contribution in [3.05, 3.63) is 60.4 Å². The minimum Gasteiger partial charge on any atom is -0.497 e. The molecule has 2 heterocycles. The molecule has 2 aromatic carbocycles. The van der Waals surface area contributed by atoms with Crippen LogP contribution in [0.5, 0.6) is 5.75 Å². The van der Waals surface area contributed by atoms with Gasteiger partial charge < -0.3 is 14.9 Å². The summed E-state index contributed by atoms with van der Waals surface area (Å²) in [6.45, 7) is 0. The Morgan fingerprint density at radius 3 is 2.93 bits per heavy atom. The summed E-state index contributed by atoms with van der Waals surface area (Å²) >= 11 is 0. The lowest BCUT2D eigenvalue weighted by molar-refractivity contribution is 0.0936. The maximum absolute atomic E-state index is 12.3. The van der Waals surface area contributed by atoms with Gasteiger partial charge in [0, 0.05) is 17.0 Å². The molecular weight excluding hydrogens is 346 g/mol. The number of nitrogens with zero attached hydrogens (tertiary/aromatic N) is 1. The van der Waals surface area contributed by atoms with E-state index < -0.39 is 5.91 Å². The first-order valence-electron chi connectivity index (χ1n) is 8.18. The Labute approximate surface area is 154 Å². The number of benzene rings is 2. The van der Waals surface area contributed by atoms with Crippen molar-refractivity contribution in [2.24, 2.45) is 0 Å². The molecule has 1 amide bonds. The molecule has 0 spiro atoms. The van der Waals surface area contributed by atoms with E-state index in [-0.39, 0.29) is 5.76 Å². The van der Waals surface area contributed by atoms with Crippen molar-refractivity contribution in [3.8, 4) is 17.1 Å². The summed E-state index contributed by atoms with van der Waals surface area (Å²) in [5.74, 6) is 1.44. The summed E-state index contributed by atoms with van der Waals surface area (Å²) in [6, 6.07) is 16.1. The third kappa shape index (κ3) is 3.28. The molecule has 0 saturated carbocycles. The minimum atomic E-state index is -0.395. The average molecular weight is 363 g/mol. The van der Waals surface area contributed by atoms with Gasteiger partial charge in [0.25, 0.3) is 0 Å². The van der Waals surface area contributed by atoms with Gasteiger partial charge in [0.2, 0.25) is 0 Å². The Morgan fingerprint density at radius 2 is 2.07 bits per heavy atom. The first-order valence-corrected chi connectivity index (χ1v) is 8.18. The summed E-state index contributed by atoms with van der Waals surface area (Å²) < 4.78 is 10.8. The predicted octanol–water partition coefficient (Wildman–Crippen LogP) is 3.17. The van der Waals surface area contributed by atoms with E-state index in [2.05, 4.69) is 21.0 Å². The average Bonchev–Trinajstić information content (AvgIpc) is 3.33. The van der Waals surface area contributed by atoms with Crippen molar-refractivity contribution in [2.45, 2.75) is 0 Å². The molecule has 0 aliphatic carbocycles. The molecule has 0 fully saturated rings. The van der Waals surface area contributed by atoms with E-state index in [0.29, 0.717) is 23.0 Å². The van der Waals surface area contributed by atoms with Crippen LogP contribution in [0.4, 0.5) is 11.5 Å². The van der Waals surface area contributed by atoms with Gasteiger partial charge in [-0.1, -0.05) is 6.07 Å². The number of aromatic nitrogens is 2. The van der Waals surface area contributed by atoms with E-state index in [4.69, 9.17) is 14.9 Å². The lowest BCUT2D eigenvalue weighted by Crippen LogP contribution is -2.28. The highest BCUT2D eigenvalue weighted by Crippen LogP contribution is 2.27. The number of furan rings is 1. The largest absolute Gasteiger partial charge is 0.497 e. The van der Waals surface area contributed by atoms with Crippen LogP contribution < -0.4 is 21.3 Å². The molecule has 4 aromatic rings. The molecule has 5 N–H and O–H groups in total. The molecule has 8 heteroatoms. The zero-order valence-corrected chi connectivity index (χ0v) is 14.4. The van der Waals surface area contributed by atoms with E-state index in [9.17, 15) is 4.79 Å². The number of rotatable bonds is 5. The fourth-order valence-corrected chi connectivity index (χ4v) is 2.69. The number of methoxy groups -OCH3 is 1. The zero-order chi connectivity index (χ0) is 18.8. The van der Waals surface area contributed by atoms with Crippen molar-refractivity contribution in [1.29, 1.82) is 0 Å². The summed E-state index contributed by atoms with van der Waals surface area (Å²) in [4.78, 5) is 12.3. The number of nitrogen functional groups attached to an aromatic ring is 1. The molecular formula is C19H17N5O3. The number of hydrogen-bond donors (Lipinski definition) is 4. The molecule has 27 heavy (non-hydrogen) atoms. The zero-order valence-electron chi connectivity index (χ0n) is 14.4. The van der Waals surface area contributed by atoms with Crippen LogP contribution in [-0.4, -0.2) is 23.2 Å². The number of nitrogens with one attached hydrogen (secondary N) is 3. The predicted molar refractivity (Wildman–Crippen MR) is 102 cm³/mol. The number of nitrogens with two attached hydrogens (primary N) is 1. The van der Waals surface area contributed by atoms with E-state index in [1.807, 2.05) is 30.3 Å². The molecule has 0 atom stereocenters. The topological polar surface area (TPSA) is 118 Å². The third-order valence-electron chi connectivity index (χ3n) is 4.10. The molecule has 136 valence electrons. The van der Waals surface area contributed by atoms with Crippen LogP contribution >= 0.6 is 0 Å². The summed E-state index contributed by atoms with van der Waals surface area (Å²) in [5.41, 5.74) is 13.6. The van der Waals surface area contributed by atoms with Crippen LogP contribution in [0.25, 0.3) is 22.2 Å². The Kier molecular flexibility index (Phi) is 4.13. The fraction of sp³-hybridized carbons (Fsp3) is 0.0526. The van der Waals surface area contributed by atoms with Crippen LogP contribution in [0, 0.1) is 0 Å². The first kappa shape index (κ1) is 16.5. The normalized spacial score (nSPS) is 10.7. The van der Waals surface area contributed by atoms with Crippen LogP contribution in [0.15, 0.2) is 59.0 Å². The monoisotopic (exact) mass is 363 g/mol. The SMILES string of the molecule is COc1cccc(NNC(=O)c2ccc(-c3ccc4[nH]nc(N)c4c3)o2)c1. The van der Waals surface area contributed by atoms with Gasteiger partial charge in [0.15, 0.2) is 11.6 Å². The third-order valence-corrected chi connectivity index (χ3v) is 4.10. The summed E-state index contributed by atoms with van der Waals surface area (Å²) in [6.07, 6.45) is 0. The Hall–Kier alpha value is -3.94. The molecule has 0 unspecified atom stereocenters. The van der Waals surface area contributed by atoms with Gasteiger partial charge in [-0.3, -0.25) is 20.7 Å². The molecule has 0 bridgehead atoms. The standard InChI is InChI=1S/C19H17N5O3/c1-26-13-4-2-3-12(10-13)21-24-19(25)17-8-7-16(27-17)11-5-6-15-14(9-11)18(20)23-22-15/h2-10,21H,1H3,(H,24,25)(H3,20,22,23). The van der Waals surface area contributed by atoms with Gasteiger partial charge in [-0.25, -0.2) is 0 Å². The highest BCUT2D eigenvalue weighted by Gasteiger charge is 2.13. The lowest BCUT2D eigenvalue weighted by Gasteiger charge is -2.08. The Balaban J connectivity index is 1.49. The number of fused-ring (bicyclic) bond motifs is 1.